The third-order valence-corrected chi connectivity index (χ3v) is 5.88. The molecule has 0 spiro atoms. The Bertz CT molecular complexity index is 676. The quantitative estimate of drug-likeness (QED) is 0.865. The molecule has 1 saturated carbocycles. The molecule has 25 heavy (non-hydrogen) atoms. The third-order valence-electron chi connectivity index (χ3n) is 5.02. The zero-order valence-electron chi connectivity index (χ0n) is 14.4. The maximum atomic E-state index is 12.9. The molecule has 2 aliphatic rings. The molecule has 0 bridgehead atoms. The summed E-state index contributed by atoms with van der Waals surface area (Å²) in [6.45, 7) is 4.91. The van der Waals surface area contributed by atoms with Gasteiger partial charge in [0, 0.05) is 43.6 Å². The van der Waals surface area contributed by atoms with E-state index in [1.54, 1.807) is 0 Å². The van der Waals surface area contributed by atoms with Crippen LogP contribution in [0.15, 0.2) is 47.8 Å². The lowest BCUT2D eigenvalue weighted by atomic mass is 10.0. The molecule has 1 saturated heterocycles. The first-order valence-electron chi connectivity index (χ1n) is 9.14. The number of nitrogens with one attached hydrogen (secondary N) is 1. The summed E-state index contributed by atoms with van der Waals surface area (Å²) in [7, 11) is 0. The van der Waals surface area contributed by atoms with E-state index >= 15 is 0 Å². The SMILES string of the molecule is O=C(NC1CC1)[C@H](c1ccccc1)N1CCN(Cc2cccs2)CC1. The van der Waals surface area contributed by atoms with Gasteiger partial charge in [-0.1, -0.05) is 36.4 Å². The fourth-order valence-corrected chi connectivity index (χ4v) is 4.22. The highest BCUT2D eigenvalue weighted by atomic mass is 32.1. The second kappa shape index (κ2) is 7.68. The topological polar surface area (TPSA) is 35.6 Å². The summed E-state index contributed by atoms with van der Waals surface area (Å²) in [4.78, 5) is 19.1. The second-order valence-corrected chi connectivity index (χ2v) is 8.02. The van der Waals surface area contributed by atoms with Crippen molar-refractivity contribution in [1.29, 1.82) is 0 Å². The monoisotopic (exact) mass is 355 g/mol. The van der Waals surface area contributed by atoms with Crippen molar-refractivity contribution in [3.8, 4) is 0 Å². The molecule has 0 radical (unpaired) electrons. The van der Waals surface area contributed by atoms with Crippen molar-refractivity contribution in [2.24, 2.45) is 0 Å². The van der Waals surface area contributed by atoms with Crippen LogP contribution >= 0.6 is 11.3 Å². The maximum absolute atomic E-state index is 12.9. The van der Waals surface area contributed by atoms with E-state index in [2.05, 4.69) is 44.8 Å². The number of benzene rings is 1. The first-order valence-corrected chi connectivity index (χ1v) is 10.0. The van der Waals surface area contributed by atoms with Crippen LogP contribution in [-0.4, -0.2) is 47.9 Å². The number of carbonyl (C=O) groups excluding carboxylic acids is 1. The predicted molar refractivity (Wildman–Crippen MR) is 102 cm³/mol. The summed E-state index contributed by atoms with van der Waals surface area (Å²) in [6, 6.07) is 14.8. The minimum atomic E-state index is -0.161. The summed E-state index contributed by atoms with van der Waals surface area (Å²) in [6.07, 6.45) is 2.25. The van der Waals surface area contributed by atoms with E-state index in [4.69, 9.17) is 0 Å². The van der Waals surface area contributed by atoms with E-state index in [0.717, 1.165) is 51.1 Å². The molecule has 1 aliphatic heterocycles. The van der Waals surface area contributed by atoms with Gasteiger partial charge in [0.1, 0.15) is 6.04 Å². The molecule has 1 aromatic heterocycles. The van der Waals surface area contributed by atoms with Crippen LogP contribution in [0.3, 0.4) is 0 Å². The molecule has 1 aliphatic carbocycles. The summed E-state index contributed by atoms with van der Waals surface area (Å²) >= 11 is 1.82. The highest BCUT2D eigenvalue weighted by Crippen LogP contribution is 2.26. The molecule has 4 rings (SSSR count). The van der Waals surface area contributed by atoms with Crippen molar-refractivity contribution < 1.29 is 4.79 Å². The van der Waals surface area contributed by atoms with Gasteiger partial charge < -0.3 is 5.32 Å². The van der Waals surface area contributed by atoms with Crippen LogP contribution < -0.4 is 5.32 Å². The number of hydrogen-bond acceptors (Lipinski definition) is 4. The molecule has 0 unspecified atom stereocenters. The van der Waals surface area contributed by atoms with Crippen molar-refractivity contribution in [3.63, 3.8) is 0 Å². The molecule has 5 heteroatoms. The molecule has 2 heterocycles. The standard InChI is InChI=1S/C20H25N3OS/c24-20(21-17-8-9-17)19(16-5-2-1-3-6-16)23-12-10-22(11-13-23)15-18-7-4-14-25-18/h1-7,14,17,19H,8-13,15H2,(H,21,24)/t19-/m0/s1. The average molecular weight is 356 g/mol. The number of rotatable bonds is 6. The van der Waals surface area contributed by atoms with Gasteiger partial charge in [-0.25, -0.2) is 0 Å². The lowest BCUT2D eigenvalue weighted by molar-refractivity contribution is -0.127. The van der Waals surface area contributed by atoms with E-state index in [1.807, 2.05) is 29.5 Å². The van der Waals surface area contributed by atoms with Gasteiger partial charge in [0.15, 0.2) is 0 Å². The van der Waals surface area contributed by atoms with Crippen molar-refractivity contribution in [1.82, 2.24) is 15.1 Å². The van der Waals surface area contributed by atoms with E-state index < -0.39 is 0 Å². The van der Waals surface area contributed by atoms with E-state index in [0.29, 0.717) is 6.04 Å². The first-order chi connectivity index (χ1) is 12.3. The predicted octanol–water partition coefficient (Wildman–Crippen LogP) is 2.89. The Morgan fingerprint density at radius 1 is 1.08 bits per heavy atom. The Balaban J connectivity index is 1.42. The Morgan fingerprint density at radius 2 is 1.84 bits per heavy atom. The Hall–Kier alpha value is -1.69. The Labute approximate surface area is 153 Å². The van der Waals surface area contributed by atoms with Crippen molar-refractivity contribution >= 4 is 17.2 Å². The molecule has 2 aromatic rings. The lowest BCUT2D eigenvalue weighted by Crippen LogP contribution is -2.50. The molecule has 1 amide bonds. The van der Waals surface area contributed by atoms with Crippen LogP contribution in [0, 0.1) is 0 Å². The van der Waals surface area contributed by atoms with Gasteiger partial charge in [0.05, 0.1) is 0 Å². The van der Waals surface area contributed by atoms with Crippen LogP contribution in [-0.2, 0) is 11.3 Å². The molecular weight excluding hydrogens is 330 g/mol. The number of piperazine rings is 1. The molecule has 1 atom stereocenters. The molecule has 2 fully saturated rings. The molecule has 132 valence electrons. The number of nitrogens with zero attached hydrogens (tertiary/aromatic N) is 2. The van der Waals surface area contributed by atoms with E-state index in [1.165, 1.54) is 4.88 Å². The molecular formula is C20H25N3OS. The van der Waals surface area contributed by atoms with Crippen LogP contribution in [0.4, 0.5) is 0 Å². The zero-order chi connectivity index (χ0) is 17.1. The largest absolute Gasteiger partial charge is 0.352 e. The lowest BCUT2D eigenvalue weighted by Gasteiger charge is -2.38. The first kappa shape index (κ1) is 16.8. The van der Waals surface area contributed by atoms with Gasteiger partial charge in [-0.2, -0.15) is 0 Å². The average Bonchev–Trinajstić information content (AvgIpc) is 3.30. The minimum Gasteiger partial charge on any atom is -0.352 e. The number of hydrogen-bond donors (Lipinski definition) is 1. The van der Waals surface area contributed by atoms with Crippen molar-refractivity contribution in [2.75, 3.05) is 26.2 Å². The third kappa shape index (κ3) is 4.29. The van der Waals surface area contributed by atoms with Gasteiger partial charge in [-0.15, -0.1) is 11.3 Å². The molecule has 1 aromatic carbocycles. The number of amides is 1. The van der Waals surface area contributed by atoms with Crippen molar-refractivity contribution in [3.05, 3.63) is 58.3 Å². The number of carbonyl (C=O) groups is 1. The Morgan fingerprint density at radius 3 is 2.48 bits per heavy atom. The van der Waals surface area contributed by atoms with Crippen LogP contribution in [0.2, 0.25) is 0 Å². The van der Waals surface area contributed by atoms with Crippen molar-refractivity contribution in [2.45, 2.75) is 31.5 Å². The summed E-state index contributed by atoms with van der Waals surface area (Å²) in [5, 5.41) is 5.34. The van der Waals surface area contributed by atoms with Crippen LogP contribution in [0.5, 0.6) is 0 Å². The summed E-state index contributed by atoms with van der Waals surface area (Å²) in [5.74, 6) is 0.167. The van der Waals surface area contributed by atoms with Gasteiger partial charge >= 0.3 is 0 Å². The normalized spacial score (nSPS) is 20.3. The fourth-order valence-electron chi connectivity index (χ4n) is 3.47. The number of thiophene rings is 1. The zero-order valence-corrected chi connectivity index (χ0v) is 15.3. The van der Waals surface area contributed by atoms with Gasteiger partial charge in [0.2, 0.25) is 5.91 Å². The Kier molecular flexibility index (Phi) is 5.15. The maximum Gasteiger partial charge on any atom is 0.242 e. The summed E-state index contributed by atoms with van der Waals surface area (Å²) in [5.41, 5.74) is 1.10. The van der Waals surface area contributed by atoms with Crippen LogP contribution in [0.25, 0.3) is 0 Å². The molecule has 4 nitrogen and oxygen atoms in total. The van der Waals surface area contributed by atoms with Gasteiger partial charge in [0.25, 0.3) is 0 Å². The molecule has 1 N–H and O–H groups in total. The highest BCUT2D eigenvalue weighted by Gasteiger charge is 2.33. The fraction of sp³-hybridized carbons (Fsp3) is 0.450. The smallest absolute Gasteiger partial charge is 0.242 e. The highest BCUT2D eigenvalue weighted by molar-refractivity contribution is 7.09. The van der Waals surface area contributed by atoms with E-state index in [9.17, 15) is 4.79 Å². The summed E-state index contributed by atoms with van der Waals surface area (Å²) < 4.78 is 0. The second-order valence-electron chi connectivity index (χ2n) is 6.99. The minimum absolute atomic E-state index is 0.161. The van der Waals surface area contributed by atoms with Gasteiger partial charge in [-0.3, -0.25) is 14.6 Å². The van der Waals surface area contributed by atoms with Gasteiger partial charge in [-0.05, 0) is 29.9 Å². The van der Waals surface area contributed by atoms with E-state index in [-0.39, 0.29) is 11.9 Å². The van der Waals surface area contributed by atoms with Crippen LogP contribution in [0.1, 0.15) is 29.3 Å².